The van der Waals surface area contributed by atoms with Crippen molar-refractivity contribution in [3.63, 3.8) is 0 Å². The van der Waals surface area contributed by atoms with E-state index < -0.39 is 0 Å². The molecule has 1 aromatic carbocycles. The molecule has 1 amide bonds. The van der Waals surface area contributed by atoms with Gasteiger partial charge in [-0.05, 0) is 35.2 Å². The van der Waals surface area contributed by atoms with E-state index >= 15 is 0 Å². The number of pyridine rings is 1. The van der Waals surface area contributed by atoms with E-state index in [0.29, 0.717) is 6.54 Å². The summed E-state index contributed by atoms with van der Waals surface area (Å²) in [5.74, 6) is -0.0628. The third kappa shape index (κ3) is 3.16. The first-order valence-electron chi connectivity index (χ1n) is 7.90. The van der Waals surface area contributed by atoms with E-state index in [4.69, 9.17) is 0 Å². The predicted octanol–water partition coefficient (Wildman–Crippen LogP) is 3.63. The average molecular weight is 348 g/mol. The summed E-state index contributed by atoms with van der Waals surface area (Å²) < 4.78 is 2.92. The molecule has 0 aliphatic rings. The monoisotopic (exact) mass is 348 g/mol. The summed E-state index contributed by atoms with van der Waals surface area (Å²) in [6.07, 6.45) is 5.32. The minimum Gasteiger partial charge on any atom is -0.347 e. The number of aryl methyl sites for hydroxylation is 1. The molecule has 0 saturated carbocycles. The van der Waals surface area contributed by atoms with Crippen LogP contribution in [-0.2, 0) is 13.6 Å². The van der Waals surface area contributed by atoms with Gasteiger partial charge in [0.2, 0.25) is 0 Å². The van der Waals surface area contributed by atoms with Gasteiger partial charge in [0.05, 0.1) is 10.6 Å². The van der Waals surface area contributed by atoms with Gasteiger partial charge in [-0.25, -0.2) is 0 Å². The molecule has 0 saturated heterocycles. The summed E-state index contributed by atoms with van der Waals surface area (Å²) in [7, 11) is 1.89. The molecular formula is C19H16N4OS. The SMILES string of the molecule is Cn1nccc1-c1cncc(CNC(=O)c2cc3ccccc3s2)c1. The van der Waals surface area contributed by atoms with Gasteiger partial charge in [0, 0.05) is 42.4 Å². The number of hydrogen-bond donors (Lipinski definition) is 1. The zero-order valence-corrected chi connectivity index (χ0v) is 14.5. The Kier molecular flexibility index (Phi) is 4.03. The van der Waals surface area contributed by atoms with Crippen LogP contribution in [-0.4, -0.2) is 20.7 Å². The number of carbonyl (C=O) groups is 1. The Hall–Kier alpha value is -2.99. The van der Waals surface area contributed by atoms with Crippen LogP contribution in [0.4, 0.5) is 0 Å². The summed E-state index contributed by atoms with van der Waals surface area (Å²) >= 11 is 1.50. The van der Waals surface area contributed by atoms with E-state index in [0.717, 1.165) is 31.8 Å². The van der Waals surface area contributed by atoms with Crippen LogP contribution in [0.1, 0.15) is 15.2 Å². The number of amides is 1. The van der Waals surface area contributed by atoms with E-state index in [1.807, 2.05) is 49.5 Å². The quantitative estimate of drug-likeness (QED) is 0.613. The third-order valence-corrected chi connectivity index (χ3v) is 5.13. The maximum atomic E-state index is 12.4. The van der Waals surface area contributed by atoms with E-state index in [1.54, 1.807) is 23.3 Å². The maximum absolute atomic E-state index is 12.4. The summed E-state index contributed by atoms with van der Waals surface area (Å²) in [5, 5.41) is 8.25. The van der Waals surface area contributed by atoms with Crippen molar-refractivity contribution in [2.45, 2.75) is 6.54 Å². The molecule has 5 nitrogen and oxygen atoms in total. The summed E-state index contributed by atoms with van der Waals surface area (Å²) in [4.78, 5) is 17.4. The lowest BCUT2D eigenvalue weighted by molar-refractivity contribution is 0.0955. The lowest BCUT2D eigenvalue weighted by Crippen LogP contribution is -2.21. The summed E-state index contributed by atoms with van der Waals surface area (Å²) in [6, 6.07) is 13.9. The van der Waals surface area contributed by atoms with Gasteiger partial charge in [0.15, 0.2) is 0 Å². The predicted molar refractivity (Wildman–Crippen MR) is 99.4 cm³/mol. The fourth-order valence-corrected chi connectivity index (χ4v) is 3.72. The lowest BCUT2D eigenvalue weighted by atomic mass is 10.1. The molecule has 0 unspecified atom stereocenters. The first kappa shape index (κ1) is 15.5. The van der Waals surface area contributed by atoms with E-state index in [9.17, 15) is 4.79 Å². The zero-order valence-electron chi connectivity index (χ0n) is 13.6. The van der Waals surface area contributed by atoms with Crippen molar-refractivity contribution in [3.05, 3.63) is 71.5 Å². The number of nitrogens with zero attached hydrogens (tertiary/aromatic N) is 3. The summed E-state index contributed by atoms with van der Waals surface area (Å²) in [5.41, 5.74) is 2.92. The molecule has 0 atom stereocenters. The topological polar surface area (TPSA) is 59.8 Å². The van der Waals surface area contributed by atoms with Crippen LogP contribution in [0.25, 0.3) is 21.3 Å². The normalized spacial score (nSPS) is 10.9. The molecule has 1 N–H and O–H groups in total. The van der Waals surface area contributed by atoms with Gasteiger partial charge in [-0.2, -0.15) is 5.10 Å². The number of rotatable bonds is 4. The van der Waals surface area contributed by atoms with Crippen molar-refractivity contribution in [1.29, 1.82) is 0 Å². The second-order valence-electron chi connectivity index (χ2n) is 5.75. The molecule has 0 fully saturated rings. The number of fused-ring (bicyclic) bond motifs is 1. The van der Waals surface area contributed by atoms with Crippen molar-refractivity contribution >= 4 is 27.3 Å². The average Bonchev–Trinajstić information content (AvgIpc) is 3.26. The number of carbonyl (C=O) groups excluding carboxylic acids is 1. The third-order valence-electron chi connectivity index (χ3n) is 4.01. The maximum Gasteiger partial charge on any atom is 0.261 e. The molecule has 4 rings (SSSR count). The first-order chi connectivity index (χ1) is 12.2. The van der Waals surface area contributed by atoms with E-state index in [2.05, 4.69) is 15.4 Å². The van der Waals surface area contributed by atoms with Crippen LogP contribution in [0.3, 0.4) is 0 Å². The highest BCUT2D eigenvalue weighted by atomic mass is 32.1. The van der Waals surface area contributed by atoms with Gasteiger partial charge in [-0.1, -0.05) is 18.2 Å². The Bertz CT molecular complexity index is 1020. The molecule has 25 heavy (non-hydrogen) atoms. The number of aromatic nitrogens is 3. The molecular weight excluding hydrogens is 332 g/mol. The van der Waals surface area contributed by atoms with Gasteiger partial charge in [-0.15, -0.1) is 11.3 Å². The molecule has 3 aromatic heterocycles. The van der Waals surface area contributed by atoms with Crippen LogP contribution in [0, 0.1) is 0 Å². The second-order valence-corrected chi connectivity index (χ2v) is 6.84. The number of nitrogens with one attached hydrogen (secondary N) is 1. The Morgan fingerprint density at radius 1 is 1.20 bits per heavy atom. The molecule has 0 spiro atoms. The van der Waals surface area contributed by atoms with Gasteiger partial charge in [0.25, 0.3) is 5.91 Å². The molecule has 6 heteroatoms. The minimum atomic E-state index is -0.0628. The largest absolute Gasteiger partial charge is 0.347 e. The van der Waals surface area contributed by atoms with E-state index in [-0.39, 0.29) is 5.91 Å². The Morgan fingerprint density at radius 2 is 2.08 bits per heavy atom. The molecule has 0 radical (unpaired) electrons. The van der Waals surface area contributed by atoms with Gasteiger partial charge >= 0.3 is 0 Å². The van der Waals surface area contributed by atoms with Crippen molar-refractivity contribution in [2.75, 3.05) is 0 Å². The minimum absolute atomic E-state index is 0.0628. The fraction of sp³-hybridized carbons (Fsp3) is 0.105. The van der Waals surface area contributed by atoms with Crippen molar-refractivity contribution in [2.24, 2.45) is 7.05 Å². The van der Waals surface area contributed by atoms with Crippen LogP contribution >= 0.6 is 11.3 Å². The molecule has 0 aliphatic carbocycles. The molecule has 0 aliphatic heterocycles. The molecule has 0 bridgehead atoms. The Labute approximate surface area is 149 Å². The zero-order chi connectivity index (χ0) is 17.2. The van der Waals surface area contributed by atoms with Gasteiger partial charge in [-0.3, -0.25) is 14.5 Å². The number of hydrogen-bond acceptors (Lipinski definition) is 4. The van der Waals surface area contributed by atoms with Crippen LogP contribution in [0.15, 0.2) is 61.1 Å². The van der Waals surface area contributed by atoms with Crippen molar-refractivity contribution in [1.82, 2.24) is 20.1 Å². The van der Waals surface area contributed by atoms with Crippen molar-refractivity contribution < 1.29 is 4.79 Å². The van der Waals surface area contributed by atoms with Crippen LogP contribution < -0.4 is 5.32 Å². The Balaban J connectivity index is 1.49. The molecule has 124 valence electrons. The lowest BCUT2D eigenvalue weighted by Gasteiger charge is -2.06. The smallest absolute Gasteiger partial charge is 0.261 e. The fourth-order valence-electron chi connectivity index (χ4n) is 2.74. The van der Waals surface area contributed by atoms with Crippen LogP contribution in [0.5, 0.6) is 0 Å². The number of benzene rings is 1. The Morgan fingerprint density at radius 3 is 2.88 bits per heavy atom. The number of thiophene rings is 1. The second kappa shape index (κ2) is 6.49. The van der Waals surface area contributed by atoms with E-state index in [1.165, 1.54) is 11.3 Å². The highest BCUT2D eigenvalue weighted by Crippen LogP contribution is 2.25. The standard InChI is InChI=1S/C19H16N4OS/c1-23-16(6-7-22-23)15-8-13(10-20-12-15)11-21-19(24)18-9-14-4-2-3-5-17(14)25-18/h2-10,12H,11H2,1H3,(H,21,24). The molecule has 3 heterocycles. The highest BCUT2D eigenvalue weighted by molar-refractivity contribution is 7.20. The highest BCUT2D eigenvalue weighted by Gasteiger charge is 2.10. The van der Waals surface area contributed by atoms with Gasteiger partial charge in [0.1, 0.15) is 0 Å². The molecule has 4 aromatic rings. The summed E-state index contributed by atoms with van der Waals surface area (Å²) in [6.45, 7) is 0.436. The van der Waals surface area contributed by atoms with Gasteiger partial charge < -0.3 is 5.32 Å². The van der Waals surface area contributed by atoms with Crippen molar-refractivity contribution in [3.8, 4) is 11.3 Å². The van der Waals surface area contributed by atoms with Crippen LogP contribution in [0.2, 0.25) is 0 Å². The first-order valence-corrected chi connectivity index (χ1v) is 8.71.